The number of rotatable bonds is 7. The topological polar surface area (TPSA) is 172 Å². The highest BCUT2D eigenvalue weighted by Crippen LogP contribution is 2.32. The number of fused-ring (bicyclic) bond motifs is 2. The summed E-state index contributed by atoms with van der Waals surface area (Å²) in [4.78, 5) is 74.1. The highest BCUT2D eigenvalue weighted by atomic mass is 16.7. The number of hydrazine groups is 1. The lowest BCUT2D eigenvalue weighted by atomic mass is 10.0. The predicted octanol–water partition coefficient (Wildman–Crippen LogP) is -0.799. The number of aldehydes is 1. The third-order valence-corrected chi connectivity index (χ3v) is 5.99. The molecule has 0 bridgehead atoms. The first-order valence-corrected chi connectivity index (χ1v) is 11.1. The van der Waals surface area contributed by atoms with Gasteiger partial charge in [0.1, 0.15) is 18.4 Å². The van der Waals surface area contributed by atoms with E-state index in [9.17, 15) is 28.8 Å². The number of amides is 4. The second-order valence-corrected chi connectivity index (χ2v) is 8.34. The van der Waals surface area contributed by atoms with Gasteiger partial charge in [0.15, 0.2) is 11.5 Å². The van der Waals surface area contributed by atoms with Gasteiger partial charge < -0.3 is 30.0 Å². The standard InChI is InChI=1S/C22H24N4O9/c27-10-13(9-19(29)30)23-21(32)15-2-1-7-25-18(28)6-4-14(22(33)26(15)25)24-20(31)12-3-5-16-17(8-12)35-11-34-16/h3,5,8,10,13-15H,1-2,4,6-7,9,11H2,(H,23,32)(H,24,31)(H,29,30)/t13-,14-,15-/m0/s1. The Balaban J connectivity index is 1.52. The van der Waals surface area contributed by atoms with E-state index < -0.39 is 48.2 Å². The number of nitrogens with one attached hydrogen (secondary N) is 2. The van der Waals surface area contributed by atoms with Gasteiger partial charge >= 0.3 is 5.97 Å². The quantitative estimate of drug-likeness (QED) is 0.416. The van der Waals surface area contributed by atoms with Crippen molar-refractivity contribution in [3.8, 4) is 11.5 Å². The van der Waals surface area contributed by atoms with Gasteiger partial charge in [-0.25, -0.2) is 5.01 Å². The van der Waals surface area contributed by atoms with Gasteiger partial charge in [0.05, 0.1) is 12.5 Å². The van der Waals surface area contributed by atoms with E-state index in [-0.39, 0.29) is 44.1 Å². The van der Waals surface area contributed by atoms with Crippen molar-refractivity contribution in [2.45, 2.75) is 50.2 Å². The van der Waals surface area contributed by atoms with Crippen LogP contribution in [0.4, 0.5) is 0 Å². The molecule has 186 valence electrons. The van der Waals surface area contributed by atoms with Crippen LogP contribution in [0.15, 0.2) is 18.2 Å². The molecule has 13 nitrogen and oxygen atoms in total. The monoisotopic (exact) mass is 488 g/mol. The van der Waals surface area contributed by atoms with Crippen LogP contribution < -0.4 is 20.1 Å². The summed E-state index contributed by atoms with van der Waals surface area (Å²) in [5, 5.41) is 16.1. The smallest absolute Gasteiger partial charge is 0.305 e. The second-order valence-electron chi connectivity index (χ2n) is 8.34. The molecule has 0 unspecified atom stereocenters. The molecule has 4 rings (SSSR count). The van der Waals surface area contributed by atoms with E-state index in [4.69, 9.17) is 14.6 Å². The summed E-state index contributed by atoms with van der Waals surface area (Å²) < 4.78 is 10.5. The molecule has 0 saturated carbocycles. The number of carbonyl (C=O) groups is 6. The van der Waals surface area contributed by atoms with Gasteiger partial charge in [-0.1, -0.05) is 0 Å². The molecular formula is C22H24N4O9. The van der Waals surface area contributed by atoms with E-state index in [1.165, 1.54) is 17.1 Å². The maximum Gasteiger partial charge on any atom is 0.305 e. The number of carboxylic acid groups (broad SMARTS) is 1. The molecule has 0 aliphatic carbocycles. The average Bonchev–Trinajstić information content (AvgIpc) is 3.28. The minimum Gasteiger partial charge on any atom is -0.481 e. The summed E-state index contributed by atoms with van der Waals surface area (Å²) in [6.07, 6.45) is 0.308. The van der Waals surface area contributed by atoms with Gasteiger partial charge in [0.2, 0.25) is 18.6 Å². The SMILES string of the molecule is O=C[C@H](CC(=O)O)NC(=O)[C@@H]1CCCN2C(=O)CC[C@H](NC(=O)c3ccc4c(c3)OCO4)C(=O)N12. The molecule has 13 heteroatoms. The lowest BCUT2D eigenvalue weighted by Crippen LogP contribution is -2.64. The van der Waals surface area contributed by atoms with Gasteiger partial charge in [0.25, 0.3) is 11.8 Å². The van der Waals surface area contributed by atoms with Crippen LogP contribution in [-0.2, 0) is 24.0 Å². The Kier molecular flexibility index (Phi) is 6.85. The van der Waals surface area contributed by atoms with E-state index in [0.717, 1.165) is 5.01 Å². The average molecular weight is 488 g/mol. The number of carboxylic acids is 1. The highest BCUT2D eigenvalue weighted by Gasteiger charge is 2.45. The highest BCUT2D eigenvalue weighted by molar-refractivity contribution is 6.00. The molecule has 4 amide bonds. The summed E-state index contributed by atoms with van der Waals surface area (Å²) in [5.74, 6) is -2.74. The third-order valence-electron chi connectivity index (χ3n) is 5.99. The Bertz CT molecular complexity index is 1080. The van der Waals surface area contributed by atoms with Gasteiger partial charge in [-0.2, -0.15) is 0 Å². The van der Waals surface area contributed by atoms with E-state index in [2.05, 4.69) is 10.6 Å². The van der Waals surface area contributed by atoms with E-state index in [1.54, 1.807) is 6.07 Å². The Morgan fingerprint density at radius 3 is 2.69 bits per heavy atom. The number of aliphatic carboxylic acids is 1. The fourth-order valence-corrected chi connectivity index (χ4v) is 4.29. The normalized spacial score (nSPS) is 22.1. The molecule has 3 aliphatic heterocycles. The lowest BCUT2D eigenvalue weighted by molar-refractivity contribution is -0.176. The summed E-state index contributed by atoms with van der Waals surface area (Å²) >= 11 is 0. The largest absolute Gasteiger partial charge is 0.481 e. The third kappa shape index (κ3) is 5.03. The van der Waals surface area contributed by atoms with Crippen LogP contribution in [0.25, 0.3) is 0 Å². The molecule has 2 fully saturated rings. The van der Waals surface area contributed by atoms with Gasteiger partial charge in [0, 0.05) is 18.5 Å². The minimum atomic E-state index is -1.28. The number of ether oxygens (including phenoxy) is 2. The zero-order valence-corrected chi connectivity index (χ0v) is 18.6. The maximum absolute atomic E-state index is 13.5. The summed E-state index contributed by atoms with van der Waals surface area (Å²) in [7, 11) is 0. The number of hydrogen-bond donors (Lipinski definition) is 3. The molecule has 0 spiro atoms. The second kappa shape index (κ2) is 9.99. The van der Waals surface area contributed by atoms with Gasteiger partial charge in [-0.05, 0) is 37.5 Å². The first-order valence-electron chi connectivity index (χ1n) is 11.1. The molecule has 2 saturated heterocycles. The number of hydrogen-bond acceptors (Lipinski definition) is 8. The first kappa shape index (κ1) is 24.0. The number of nitrogens with zero attached hydrogens (tertiary/aromatic N) is 2. The van der Waals surface area contributed by atoms with Crippen LogP contribution in [-0.4, -0.2) is 82.5 Å². The van der Waals surface area contributed by atoms with Crippen molar-refractivity contribution < 1.29 is 43.3 Å². The van der Waals surface area contributed by atoms with Crippen LogP contribution in [0.3, 0.4) is 0 Å². The first-order chi connectivity index (χ1) is 16.8. The van der Waals surface area contributed by atoms with Crippen molar-refractivity contribution in [3.05, 3.63) is 23.8 Å². The summed E-state index contributed by atoms with van der Waals surface area (Å²) in [6.45, 7) is 0.249. The van der Waals surface area contributed by atoms with Gasteiger partial charge in [-0.3, -0.25) is 29.0 Å². The number of carbonyl (C=O) groups excluding carboxylic acids is 5. The number of benzene rings is 1. The van der Waals surface area contributed by atoms with Crippen molar-refractivity contribution in [2.24, 2.45) is 0 Å². The summed E-state index contributed by atoms with van der Waals surface area (Å²) in [6, 6.07) is 1.06. The van der Waals surface area contributed by atoms with E-state index in [0.29, 0.717) is 24.2 Å². The molecule has 3 N–H and O–H groups in total. The van der Waals surface area contributed by atoms with Crippen molar-refractivity contribution >= 4 is 35.9 Å². The van der Waals surface area contributed by atoms with Crippen molar-refractivity contribution in [1.29, 1.82) is 0 Å². The van der Waals surface area contributed by atoms with Crippen LogP contribution >= 0.6 is 0 Å². The van der Waals surface area contributed by atoms with Gasteiger partial charge in [-0.15, -0.1) is 0 Å². The summed E-state index contributed by atoms with van der Waals surface area (Å²) in [5.41, 5.74) is 0.227. The Labute approximate surface area is 199 Å². The maximum atomic E-state index is 13.5. The van der Waals surface area contributed by atoms with Crippen LogP contribution in [0.2, 0.25) is 0 Å². The zero-order valence-electron chi connectivity index (χ0n) is 18.6. The molecule has 0 aromatic heterocycles. The molecule has 0 radical (unpaired) electrons. The molecule has 3 atom stereocenters. The van der Waals surface area contributed by atoms with Crippen LogP contribution in [0.1, 0.15) is 42.5 Å². The Morgan fingerprint density at radius 2 is 1.94 bits per heavy atom. The molecule has 1 aromatic carbocycles. The fraction of sp³-hybridized carbons (Fsp3) is 0.455. The lowest BCUT2D eigenvalue weighted by Gasteiger charge is -2.43. The zero-order chi connectivity index (χ0) is 25.1. The fourth-order valence-electron chi connectivity index (χ4n) is 4.29. The van der Waals surface area contributed by atoms with E-state index in [1.807, 2.05) is 0 Å². The van der Waals surface area contributed by atoms with Crippen molar-refractivity contribution in [2.75, 3.05) is 13.3 Å². The molecule has 35 heavy (non-hydrogen) atoms. The Morgan fingerprint density at radius 1 is 1.17 bits per heavy atom. The molecule has 3 aliphatic rings. The Hall–Kier alpha value is -4.16. The predicted molar refractivity (Wildman–Crippen MR) is 115 cm³/mol. The molecule has 3 heterocycles. The van der Waals surface area contributed by atoms with E-state index >= 15 is 0 Å². The molecule has 1 aromatic rings. The molecular weight excluding hydrogens is 464 g/mol. The van der Waals surface area contributed by atoms with Crippen molar-refractivity contribution in [3.63, 3.8) is 0 Å². The van der Waals surface area contributed by atoms with Crippen molar-refractivity contribution in [1.82, 2.24) is 20.7 Å². The van der Waals surface area contributed by atoms with Crippen LogP contribution in [0, 0.1) is 0 Å². The van der Waals surface area contributed by atoms with Crippen LogP contribution in [0.5, 0.6) is 11.5 Å². The minimum absolute atomic E-state index is 0.0291.